The molecular formula is C22H26N2OS. The van der Waals surface area contributed by atoms with Gasteiger partial charge in [-0.15, -0.1) is 11.8 Å². The van der Waals surface area contributed by atoms with Crippen LogP contribution >= 0.6 is 11.8 Å². The van der Waals surface area contributed by atoms with Crippen LogP contribution in [0.15, 0.2) is 54.6 Å². The highest BCUT2D eigenvalue weighted by Crippen LogP contribution is 2.42. The quantitative estimate of drug-likeness (QED) is 0.809. The molecule has 2 aromatic rings. The van der Waals surface area contributed by atoms with Crippen LogP contribution in [0.4, 0.5) is 0 Å². The molecule has 3 nitrogen and oxygen atoms in total. The van der Waals surface area contributed by atoms with Crippen molar-refractivity contribution in [2.75, 3.05) is 18.8 Å². The van der Waals surface area contributed by atoms with Gasteiger partial charge < -0.3 is 4.90 Å². The van der Waals surface area contributed by atoms with Gasteiger partial charge >= 0.3 is 0 Å². The molecule has 136 valence electrons. The first-order valence-electron chi connectivity index (χ1n) is 9.46. The van der Waals surface area contributed by atoms with Gasteiger partial charge in [0.1, 0.15) is 5.37 Å². The highest BCUT2D eigenvalue weighted by atomic mass is 32.2. The molecule has 1 atom stereocenters. The number of rotatable bonds is 4. The van der Waals surface area contributed by atoms with E-state index in [1.165, 1.54) is 16.7 Å². The summed E-state index contributed by atoms with van der Waals surface area (Å²) in [6.45, 7) is 5.26. The van der Waals surface area contributed by atoms with Crippen molar-refractivity contribution in [1.29, 1.82) is 0 Å². The largest absolute Gasteiger partial charge is 0.323 e. The first kappa shape index (κ1) is 17.6. The van der Waals surface area contributed by atoms with E-state index in [2.05, 4.69) is 71.3 Å². The fourth-order valence-electron chi connectivity index (χ4n) is 4.11. The third kappa shape index (κ3) is 3.81. The molecule has 0 saturated carbocycles. The van der Waals surface area contributed by atoms with E-state index in [0.717, 1.165) is 32.5 Å². The fourth-order valence-corrected chi connectivity index (χ4v) is 5.35. The number of carbonyl (C=O) groups is 1. The molecule has 2 aliphatic heterocycles. The van der Waals surface area contributed by atoms with E-state index in [4.69, 9.17) is 0 Å². The minimum absolute atomic E-state index is 0.188. The summed E-state index contributed by atoms with van der Waals surface area (Å²) in [5.74, 6) is 0.922. The average Bonchev–Trinajstić information content (AvgIpc) is 3.05. The van der Waals surface area contributed by atoms with Crippen LogP contribution in [-0.4, -0.2) is 40.6 Å². The second-order valence-electron chi connectivity index (χ2n) is 7.37. The van der Waals surface area contributed by atoms with Crippen molar-refractivity contribution in [3.8, 4) is 0 Å². The smallest absolute Gasteiger partial charge is 0.234 e. The second-order valence-corrected chi connectivity index (χ2v) is 8.44. The van der Waals surface area contributed by atoms with E-state index < -0.39 is 0 Å². The van der Waals surface area contributed by atoms with Crippen molar-refractivity contribution in [1.82, 2.24) is 9.80 Å². The van der Waals surface area contributed by atoms with E-state index in [0.29, 0.717) is 17.7 Å². The molecule has 2 saturated heterocycles. The predicted octanol–water partition coefficient (Wildman–Crippen LogP) is 4.23. The van der Waals surface area contributed by atoms with Crippen molar-refractivity contribution in [2.24, 2.45) is 0 Å². The molecule has 0 N–H and O–H groups in total. The number of hydrogen-bond donors (Lipinski definition) is 0. The Morgan fingerprint density at radius 2 is 1.81 bits per heavy atom. The van der Waals surface area contributed by atoms with Gasteiger partial charge in [-0.1, -0.05) is 60.2 Å². The van der Waals surface area contributed by atoms with Crippen molar-refractivity contribution in [3.63, 3.8) is 0 Å². The molecule has 0 bridgehead atoms. The molecule has 4 rings (SSSR count). The Kier molecular flexibility index (Phi) is 5.32. The van der Waals surface area contributed by atoms with Gasteiger partial charge in [0.05, 0.1) is 5.75 Å². The molecule has 0 spiro atoms. The lowest BCUT2D eigenvalue weighted by Gasteiger charge is -2.39. The van der Waals surface area contributed by atoms with Crippen LogP contribution < -0.4 is 0 Å². The van der Waals surface area contributed by atoms with Crippen LogP contribution in [0.2, 0.25) is 0 Å². The Balaban J connectivity index is 1.41. The lowest BCUT2D eigenvalue weighted by Crippen LogP contribution is -2.46. The number of likely N-dealkylation sites (tertiary alicyclic amines) is 1. The normalized spacial score (nSPS) is 22.1. The van der Waals surface area contributed by atoms with E-state index in [9.17, 15) is 4.79 Å². The topological polar surface area (TPSA) is 23.6 Å². The number of nitrogens with zero attached hydrogens (tertiary/aromatic N) is 2. The SMILES string of the molecule is Cc1cccc(C2SCC(=O)N2C2CCN(Cc3ccccc3)CC2)c1. The van der Waals surface area contributed by atoms with Gasteiger partial charge in [0.2, 0.25) is 5.91 Å². The van der Waals surface area contributed by atoms with Crippen LogP contribution in [0.25, 0.3) is 0 Å². The number of aryl methyl sites for hydroxylation is 1. The number of carbonyl (C=O) groups excluding carboxylic acids is 1. The Morgan fingerprint density at radius 1 is 1.04 bits per heavy atom. The van der Waals surface area contributed by atoms with E-state index >= 15 is 0 Å². The Bertz CT molecular complexity index is 756. The minimum Gasteiger partial charge on any atom is -0.323 e. The van der Waals surface area contributed by atoms with Crippen LogP contribution in [0, 0.1) is 6.92 Å². The zero-order chi connectivity index (χ0) is 17.9. The van der Waals surface area contributed by atoms with E-state index in [-0.39, 0.29) is 5.37 Å². The van der Waals surface area contributed by atoms with Crippen LogP contribution in [-0.2, 0) is 11.3 Å². The summed E-state index contributed by atoms with van der Waals surface area (Å²) in [5.41, 5.74) is 3.91. The molecular weight excluding hydrogens is 340 g/mol. The molecule has 1 unspecified atom stereocenters. The summed E-state index contributed by atoms with van der Waals surface area (Å²) < 4.78 is 0. The van der Waals surface area contributed by atoms with Crippen LogP contribution in [0.5, 0.6) is 0 Å². The second kappa shape index (κ2) is 7.85. The Morgan fingerprint density at radius 3 is 2.54 bits per heavy atom. The van der Waals surface area contributed by atoms with E-state index in [1.54, 1.807) is 11.8 Å². The molecule has 26 heavy (non-hydrogen) atoms. The van der Waals surface area contributed by atoms with Crippen molar-refractivity contribution >= 4 is 17.7 Å². The molecule has 0 aliphatic carbocycles. The minimum atomic E-state index is 0.188. The van der Waals surface area contributed by atoms with Crippen molar-refractivity contribution < 1.29 is 4.79 Å². The van der Waals surface area contributed by atoms with Crippen molar-refractivity contribution in [3.05, 3.63) is 71.3 Å². The number of benzene rings is 2. The monoisotopic (exact) mass is 366 g/mol. The molecule has 4 heteroatoms. The molecule has 1 amide bonds. The zero-order valence-corrected chi connectivity index (χ0v) is 16.1. The van der Waals surface area contributed by atoms with Gasteiger partial charge in [0.25, 0.3) is 0 Å². The summed E-state index contributed by atoms with van der Waals surface area (Å²) in [6, 6.07) is 19.7. The van der Waals surface area contributed by atoms with Gasteiger partial charge in [-0.25, -0.2) is 0 Å². The fraction of sp³-hybridized carbons (Fsp3) is 0.409. The molecule has 0 radical (unpaired) electrons. The number of piperidine rings is 1. The van der Waals surface area contributed by atoms with Gasteiger partial charge in [-0.05, 0) is 30.9 Å². The van der Waals surface area contributed by atoms with E-state index in [1.807, 2.05) is 0 Å². The molecule has 2 heterocycles. The molecule has 0 aromatic heterocycles. The summed E-state index contributed by atoms with van der Waals surface area (Å²) in [7, 11) is 0. The van der Waals surface area contributed by atoms with Crippen molar-refractivity contribution in [2.45, 2.75) is 37.7 Å². The summed E-state index contributed by atoms with van der Waals surface area (Å²) >= 11 is 1.78. The molecule has 2 aromatic carbocycles. The summed E-state index contributed by atoms with van der Waals surface area (Å²) in [4.78, 5) is 17.3. The Labute approximate surface area is 160 Å². The lowest BCUT2D eigenvalue weighted by atomic mass is 10.0. The Hall–Kier alpha value is -1.78. The zero-order valence-electron chi connectivity index (χ0n) is 15.3. The highest BCUT2D eigenvalue weighted by molar-refractivity contribution is 8.00. The van der Waals surface area contributed by atoms with Gasteiger partial charge in [-0.3, -0.25) is 9.69 Å². The predicted molar refractivity (Wildman–Crippen MR) is 108 cm³/mol. The maximum absolute atomic E-state index is 12.6. The third-order valence-corrected chi connectivity index (χ3v) is 6.66. The lowest BCUT2D eigenvalue weighted by molar-refractivity contribution is -0.131. The average molecular weight is 367 g/mol. The number of amides is 1. The van der Waals surface area contributed by atoms with Gasteiger partial charge in [-0.2, -0.15) is 0 Å². The summed E-state index contributed by atoms with van der Waals surface area (Å²) in [6.07, 6.45) is 2.14. The maximum atomic E-state index is 12.6. The van der Waals surface area contributed by atoms with Gasteiger partial charge in [0, 0.05) is 25.7 Å². The van der Waals surface area contributed by atoms with Gasteiger partial charge in [0.15, 0.2) is 0 Å². The summed E-state index contributed by atoms with van der Waals surface area (Å²) in [5, 5.41) is 0.188. The number of hydrogen-bond acceptors (Lipinski definition) is 3. The molecule has 2 aliphatic rings. The first-order chi connectivity index (χ1) is 12.7. The standard InChI is InChI=1S/C22H26N2OS/c1-17-6-5-9-19(14-17)22-24(21(25)16-26-22)20-10-12-23(13-11-20)15-18-7-3-2-4-8-18/h2-9,14,20,22H,10-13,15-16H2,1H3. The third-order valence-electron chi connectivity index (χ3n) is 5.43. The first-order valence-corrected chi connectivity index (χ1v) is 10.5. The molecule has 2 fully saturated rings. The highest BCUT2D eigenvalue weighted by Gasteiger charge is 2.38. The van der Waals surface area contributed by atoms with Crippen LogP contribution in [0.3, 0.4) is 0 Å². The maximum Gasteiger partial charge on any atom is 0.234 e. The number of thioether (sulfide) groups is 1. The van der Waals surface area contributed by atoms with Crippen LogP contribution in [0.1, 0.15) is 34.9 Å².